The number of alkyl carbamates (subject to hydrolysis) is 1. The van der Waals surface area contributed by atoms with E-state index in [2.05, 4.69) is 49.5 Å². The molecule has 0 radical (unpaired) electrons. The minimum Gasteiger partial charge on any atom is -0.445 e. The lowest BCUT2D eigenvalue weighted by atomic mass is 9.98. The Balaban J connectivity index is 1.42. The molecule has 1 unspecified atom stereocenters. The third-order valence-electron chi connectivity index (χ3n) is 9.57. The predicted molar refractivity (Wildman–Crippen MR) is 190 cm³/mol. The number of hydrogen-bond donors (Lipinski definition) is 2. The average molecular weight is 693 g/mol. The van der Waals surface area contributed by atoms with E-state index in [4.69, 9.17) is 13.6 Å². The normalized spacial score (nSPS) is 16.6. The lowest BCUT2D eigenvalue weighted by molar-refractivity contribution is -0.141. The number of carbonyl (C=O) groups is 4. The van der Waals surface area contributed by atoms with Crippen molar-refractivity contribution in [2.45, 2.75) is 111 Å². The Bertz CT molecular complexity index is 1630. The fourth-order valence-corrected chi connectivity index (χ4v) is 6.41. The average Bonchev–Trinajstić information content (AvgIpc) is 3.71. The van der Waals surface area contributed by atoms with Crippen molar-refractivity contribution in [3.05, 3.63) is 65.5 Å². The van der Waals surface area contributed by atoms with Gasteiger partial charge in [0.25, 0.3) is 5.89 Å². The molecule has 1 aliphatic heterocycles. The number of hydrogen-bond acceptors (Lipinski definition) is 8. The molecule has 11 nitrogen and oxygen atoms in total. The number of nitrogens with zero attached hydrogens (tertiary/aromatic N) is 2. The highest BCUT2D eigenvalue weighted by Crippen LogP contribution is 2.37. The van der Waals surface area contributed by atoms with Gasteiger partial charge in [-0.05, 0) is 66.1 Å². The summed E-state index contributed by atoms with van der Waals surface area (Å²) in [6.07, 6.45) is 0.331. The number of benzene rings is 2. The van der Waals surface area contributed by atoms with Crippen LogP contribution in [-0.4, -0.2) is 66.6 Å². The van der Waals surface area contributed by atoms with Crippen LogP contribution in [0.4, 0.5) is 4.79 Å². The molecule has 266 valence electrons. The van der Waals surface area contributed by atoms with E-state index in [1.807, 2.05) is 70.2 Å². The third-order valence-corrected chi connectivity index (χ3v) is 14.1. The summed E-state index contributed by atoms with van der Waals surface area (Å²) in [6, 6.07) is 12.2. The maximum atomic E-state index is 13.7. The standard InChI is InChI=1S/C37H52N4O7Si/c1-23(2)30(32(42)34-38-27-20-26(17-18-29(27)48-34)22-47-49(8,9)37(5,6)7)39-33(43)28-16-13-19-41(28)35(44)31(24(3)4)40-36(45)46-21-25-14-11-10-12-15-25/h10-12,14-15,17-18,20,23-24,28,30-31H,13,16,19,21-22H2,1-9H3,(H,39,43)(H,40,45)/t28-,30?,31-/m0/s1. The minimum atomic E-state index is -1.96. The first-order chi connectivity index (χ1) is 23.0. The fraction of sp³-hybridized carbons (Fsp3) is 0.541. The first-order valence-electron chi connectivity index (χ1n) is 17.1. The largest absolute Gasteiger partial charge is 0.445 e. The maximum absolute atomic E-state index is 13.7. The number of likely N-dealkylation sites (tertiary alicyclic amines) is 1. The second-order valence-corrected chi connectivity index (χ2v) is 19.9. The van der Waals surface area contributed by atoms with Crippen molar-refractivity contribution in [3.63, 3.8) is 0 Å². The maximum Gasteiger partial charge on any atom is 0.408 e. The quantitative estimate of drug-likeness (QED) is 0.151. The van der Waals surface area contributed by atoms with Crippen molar-refractivity contribution in [2.75, 3.05) is 6.54 Å². The molecule has 3 amide bonds. The lowest BCUT2D eigenvalue weighted by Gasteiger charge is -2.36. The number of oxazole rings is 1. The lowest BCUT2D eigenvalue weighted by Crippen LogP contribution is -2.57. The Morgan fingerprint density at radius 3 is 2.24 bits per heavy atom. The van der Waals surface area contributed by atoms with E-state index in [9.17, 15) is 19.2 Å². The molecule has 0 aliphatic carbocycles. The molecular weight excluding hydrogens is 641 g/mol. The van der Waals surface area contributed by atoms with E-state index >= 15 is 0 Å². The molecule has 1 fully saturated rings. The molecular formula is C37H52N4O7Si. The fourth-order valence-electron chi connectivity index (χ4n) is 5.45. The van der Waals surface area contributed by atoms with Gasteiger partial charge in [-0.25, -0.2) is 9.78 Å². The zero-order valence-corrected chi connectivity index (χ0v) is 31.3. The van der Waals surface area contributed by atoms with Crippen LogP contribution in [0.15, 0.2) is 52.9 Å². The third kappa shape index (κ3) is 9.36. The molecule has 1 aliphatic rings. The zero-order valence-electron chi connectivity index (χ0n) is 30.3. The van der Waals surface area contributed by atoms with Crippen LogP contribution in [0.2, 0.25) is 18.1 Å². The highest BCUT2D eigenvalue weighted by Gasteiger charge is 2.41. The molecule has 0 saturated carbocycles. The highest BCUT2D eigenvalue weighted by molar-refractivity contribution is 6.74. The van der Waals surface area contributed by atoms with Gasteiger partial charge in [-0.1, -0.05) is 84.9 Å². The van der Waals surface area contributed by atoms with E-state index in [1.165, 1.54) is 4.90 Å². The van der Waals surface area contributed by atoms with Gasteiger partial charge in [0.2, 0.25) is 17.6 Å². The van der Waals surface area contributed by atoms with Gasteiger partial charge in [0.05, 0.1) is 12.6 Å². The number of Topliss-reactive ketones (excluding diaryl/α,β-unsaturated/α-hetero) is 1. The summed E-state index contributed by atoms with van der Waals surface area (Å²) < 4.78 is 17.6. The molecule has 4 rings (SSSR count). The number of amides is 3. The van der Waals surface area contributed by atoms with Crippen molar-refractivity contribution < 1.29 is 32.8 Å². The first-order valence-corrected chi connectivity index (χ1v) is 20.0. The number of carbonyl (C=O) groups excluding carboxylic acids is 4. The molecule has 2 aromatic carbocycles. The summed E-state index contributed by atoms with van der Waals surface area (Å²) in [5, 5.41) is 5.66. The van der Waals surface area contributed by atoms with Gasteiger partial charge in [-0.3, -0.25) is 14.4 Å². The minimum absolute atomic E-state index is 0.0674. The number of rotatable bonds is 13. The molecule has 0 bridgehead atoms. The van der Waals surface area contributed by atoms with Crippen molar-refractivity contribution in [2.24, 2.45) is 11.8 Å². The highest BCUT2D eigenvalue weighted by atomic mass is 28.4. The van der Waals surface area contributed by atoms with Gasteiger partial charge in [-0.2, -0.15) is 0 Å². The van der Waals surface area contributed by atoms with Gasteiger partial charge >= 0.3 is 6.09 Å². The summed E-state index contributed by atoms with van der Waals surface area (Å²) in [7, 11) is -1.96. The number of nitrogens with one attached hydrogen (secondary N) is 2. The molecule has 2 heterocycles. The van der Waals surface area contributed by atoms with Crippen LogP contribution >= 0.6 is 0 Å². The summed E-state index contributed by atoms with van der Waals surface area (Å²) >= 11 is 0. The van der Waals surface area contributed by atoms with E-state index in [0.717, 1.165) is 11.1 Å². The first kappa shape index (κ1) is 37.8. The Morgan fingerprint density at radius 1 is 0.939 bits per heavy atom. The van der Waals surface area contributed by atoms with Crippen molar-refractivity contribution in [1.29, 1.82) is 0 Å². The smallest absolute Gasteiger partial charge is 0.408 e. The van der Waals surface area contributed by atoms with Crippen LogP contribution in [-0.2, 0) is 32.0 Å². The van der Waals surface area contributed by atoms with Gasteiger partial charge in [0.15, 0.2) is 13.9 Å². The van der Waals surface area contributed by atoms with Crippen LogP contribution in [0.3, 0.4) is 0 Å². The van der Waals surface area contributed by atoms with Crippen molar-refractivity contribution in [1.82, 2.24) is 20.5 Å². The molecule has 3 aromatic rings. The van der Waals surface area contributed by atoms with Crippen LogP contribution < -0.4 is 10.6 Å². The van der Waals surface area contributed by atoms with Crippen LogP contribution in [0, 0.1) is 11.8 Å². The van der Waals surface area contributed by atoms with Gasteiger partial charge in [0, 0.05) is 6.54 Å². The Labute approximate surface area is 290 Å². The number of fused-ring (bicyclic) bond motifs is 1. The van der Waals surface area contributed by atoms with Gasteiger partial charge in [0.1, 0.15) is 24.2 Å². The number of ketones is 1. The van der Waals surface area contributed by atoms with Crippen molar-refractivity contribution in [3.8, 4) is 0 Å². The number of aromatic nitrogens is 1. The SMILES string of the molecule is CC(C)C(NC(=O)[C@@H]1CCCN1C(=O)[C@@H](NC(=O)OCc1ccccc1)C(C)C)C(=O)c1nc2cc(CO[Si](C)(C)C(C)(C)C)ccc2o1. The van der Waals surface area contributed by atoms with Crippen LogP contribution in [0.25, 0.3) is 11.1 Å². The second-order valence-electron chi connectivity index (χ2n) is 15.1. The molecule has 49 heavy (non-hydrogen) atoms. The molecule has 0 spiro atoms. The molecule has 2 N–H and O–H groups in total. The summed E-state index contributed by atoms with van der Waals surface area (Å²) in [6.45, 7) is 19.1. The summed E-state index contributed by atoms with van der Waals surface area (Å²) in [5.41, 5.74) is 2.76. The van der Waals surface area contributed by atoms with E-state index in [-0.39, 0.29) is 35.3 Å². The van der Waals surface area contributed by atoms with Crippen LogP contribution in [0.5, 0.6) is 0 Å². The van der Waals surface area contributed by atoms with E-state index in [1.54, 1.807) is 6.07 Å². The van der Waals surface area contributed by atoms with Crippen LogP contribution in [0.1, 0.15) is 83.1 Å². The summed E-state index contributed by atoms with van der Waals surface area (Å²) in [5.74, 6) is -1.89. The Kier molecular flexibility index (Phi) is 12.1. The Hall–Kier alpha value is -4.03. The molecule has 12 heteroatoms. The molecule has 3 atom stereocenters. The molecule has 1 saturated heterocycles. The van der Waals surface area contributed by atoms with E-state index < -0.39 is 44.2 Å². The predicted octanol–water partition coefficient (Wildman–Crippen LogP) is 6.62. The molecule has 1 aromatic heterocycles. The number of ether oxygens (including phenoxy) is 1. The van der Waals surface area contributed by atoms with Gasteiger partial charge < -0.3 is 29.1 Å². The Morgan fingerprint density at radius 2 is 1.61 bits per heavy atom. The van der Waals surface area contributed by atoms with Crippen molar-refractivity contribution >= 4 is 43.1 Å². The second kappa shape index (κ2) is 15.7. The monoisotopic (exact) mass is 692 g/mol. The zero-order chi connectivity index (χ0) is 36.1. The summed E-state index contributed by atoms with van der Waals surface area (Å²) in [4.78, 5) is 59.8. The topological polar surface area (TPSA) is 140 Å². The van der Waals surface area contributed by atoms with E-state index in [0.29, 0.717) is 37.1 Å². The van der Waals surface area contributed by atoms with Gasteiger partial charge in [-0.15, -0.1) is 0 Å².